The molecule has 1 unspecified atom stereocenters. The molecule has 7 heteroatoms. The van der Waals surface area contributed by atoms with Gasteiger partial charge in [0.25, 0.3) is 0 Å². The highest BCUT2D eigenvalue weighted by molar-refractivity contribution is 6.32. The summed E-state index contributed by atoms with van der Waals surface area (Å²) in [5, 5.41) is 21.9. The number of aliphatic imine (C=N–C) groups is 1. The smallest absolute Gasteiger partial charge is 0.117 e. The zero-order valence-corrected chi connectivity index (χ0v) is 15.0. The van der Waals surface area contributed by atoms with Crippen molar-refractivity contribution in [1.82, 2.24) is 10.2 Å². The van der Waals surface area contributed by atoms with Crippen LogP contribution in [0.5, 0.6) is 0 Å². The molecule has 0 heterocycles. The Morgan fingerprint density at radius 3 is 2.88 bits per heavy atom. The van der Waals surface area contributed by atoms with Crippen LogP contribution in [0.2, 0.25) is 0 Å². The molecule has 2 radical (unpaired) electrons. The Morgan fingerprint density at radius 1 is 1.54 bits per heavy atom. The summed E-state index contributed by atoms with van der Waals surface area (Å²) in [6.45, 7) is 5.22. The third kappa shape index (κ3) is 6.92. The van der Waals surface area contributed by atoms with Crippen LogP contribution in [0.4, 0.5) is 4.39 Å². The highest BCUT2D eigenvalue weighted by atomic mass is 19.1. The lowest BCUT2D eigenvalue weighted by molar-refractivity contribution is 0.125. The molecular weight excluding hydrogens is 330 g/mol. The summed E-state index contributed by atoms with van der Waals surface area (Å²) in [5.41, 5.74) is 1.18. The van der Waals surface area contributed by atoms with Gasteiger partial charge < -0.3 is 10.4 Å². The first-order chi connectivity index (χ1) is 12.6. The van der Waals surface area contributed by atoms with Gasteiger partial charge in [0.05, 0.1) is 18.2 Å². The van der Waals surface area contributed by atoms with Crippen molar-refractivity contribution in [2.45, 2.75) is 12.5 Å². The first kappa shape index (κ1) is 21.8. The third-order valence-electron chi connectivity index (χ3n) is 3.91. The summed E-state index contributed by atoms with van der Waals surface area (Å²) in [7, 11) is 7.39. The number of nitrogens with zero attached hydrogens (tertiary/aromatic N) is 3. The van der Waals surface area contributed by atoms with Gasteiger partial charge in [-0.15, -0.1) is 0 Å². The minimum atomic E-state index is -0.491. The third-order valence-corrected chi connectivity index (χ3v) is 3.91. The number of aliphatic hydroxyl groups excluding tert-OH is 1. The van der Waals surface area contributed by atoms with E-state index in [4.69, 9.17) is 13.1 Å². The summed E-state index contributed by atoms with van der Waals surface area (Å²) in [5.74, 6) is -0.491. The number of rotatable bonds is 11. The first-order valence-electron chi connectivity index (χ1n) is 8.34. The van der Waals surface area contributed by atoms with E-state index in [1.54, 1.807) is 12.1 Å². The van der Waals surface area contributed by atoms with E-state index >= 15 is 0 Å². The summed E-state index contributed by atoms with van der Waals surface area (Å²) in [6.07, 6.45) is 5.60. The van der Waals surface area contributed by atoms with Crippen LogP contribution in [-0.2, 0) is 0 Å². The van der Waals surface area contributed by atoms with Gasteiger partial charge in [0.1, 0.15) is 19.7 Å². The second kappa shape index (κ2) is 12.1. The van der Waals surface area contributed by atoms with E-state index < -0.39 is 5.82 Å². The minimum Gasteiger partial charge on any atom is -0.394 e. The molecule has 0 bridgehead atoms. The van der Waals surface area contributed by atoms with Crippen LogP contribution >= 0.6 is 0 Å². The second-order valence-electron chi connectivity index (χ2n) is 5.69. The molecule has 2 N–H and O–H groups in total. The molecule has 0 aliphatic heterocycles. The fourth-order valence-electron chi connectivity index (χ4n) is 2.52. The van der Waals surface area contributed by atoms with Gasteiger partial charge in [-0.3, -0.25) is 9.89 Å². The molecule has 5 nitrogen and oxygen atoms in total. The van der Waals surface area contributed by atoms with E-state index in [1.807, 2.05) is 19.2 Å². The molecule has 0 saturated heterocycles. The average molecular weight is 354 g/mol. The molecule has 1 rings (SSSR count). The van der Waals surface area contributed by atoms with Crippen molar-refractivity contribution in [2.75, 3.05) is 33.3 Å². The molecule has 1 atom stereocenters. The van der Waals surface area contributed by atoms with E-state index in [0.29, 0.717) is 30.6 Å². The first-order valence-corrected chi connectivity index (χ1v) is 8.34. The molecule has 0 fully saturated rings. The van der Waals surface area contributed by atoms with Gasteiger partial charge in [0.2, 0.25) is 0 Å². The molecule has 0 aromatic heterocycles. The Kier molecular flexibility index (Phi) is 10.2. The van der Waals surface area contributed by atoms with Crippen molar-refractivity contribution in [3.63, 3.8) is 0 Å². The number of allylic oxidation sites excluding steroid dienone is 2. The number of hydrogen-bond acceptors (Lipinski definition) is 5. The molecular formula is C19H24BFN4O. The van der Waals surface area contributed by atoms with E-state index in [1.165, 1.54) is 18.3 Å². The molecule has 0 aliphatic rings. The Morgan fingerprint density at radius 2 is 2.31 bits per heavy atom. The molecule has 0 spiro atoms. The van der Waals surface area contributed by atoms with Gasteiger partial charge in [0, 0.05) is 25.8 Å². The number of nitriles is 1. The topological polar surface area (TPSA) is 71.6 Å². The van der Waals surface area contributed by atoms with Gasteiger partial charge in [-0.2, -0.15) is 5.26 Å². The number of nitrogens with one attached hydrogen (secondary N) is 1. The molecule has 0 aliphatic carbocycles. The predicted molar refractivity (Wildman–Crippen MR) is 104 cm³/mol. The maximum atomic E-state index is 13.8. The van der Waals surface area contributed by atoms with E-state index in [2.05, 4.69) is 21.9 Å². The SMILES string of the molecule is [B]c1ccc(C(CO)N(CC/C=C\C(C#N)=C/N=C)CCNC)cc1F. The summed E-state index contributed by atoms with van der Waals surface area (Å²) in [6, 6.07) is 6.29. The largest absolute Gasteiger partial charge is 0.394 e. The van der Waals surface area contributed by atoms with Crippen LogP contribution < -0.4 is 10.8 Å². The van der Waals surface area contributed by atoms with Crippen LogP contribution in [0, 0.1) is 17.1 Å². The van der Waals surface area contributed by atoms with Crippen molar-refractivity contribution < 1.29 is 9.50 Å². The Balaban J connectivity index is 2.87. The van der Waals surface area contributed by atoms with Crippen LogP contribution in [0.15, 0.2) is 47.1 Å². The van der Waals surface area contributed by atoms with Gasteiger partial charge >= 0.3 is 0 Å². The summed E-state index contributed by atoms with van der Waals surface area (Å²) in [4.78, 5) is 5.64. The zero-order chi connectivity index (χ0) is 19.4. The number of benzene rings is 1. The van der Waals surface area contributed by atoms with Crippen molar-refractivity contribution in [2.24, 2.45) is 4.99 Å². The number of hydrogen-bond donors (Lipinski definition) is 2. The van der Waals surface area contributed by atoms with E-state index in [9.17, 15) is 9.50 Å². The summed E-state index contributed by atoms with van der Waals surface area (Å²) < 4.78 is 13.8. The molecule has 136 valence electrons. The highest BCUT2D eigenvalue weighted by Gasteiger charge is 2.19. The fourth-order valence-corrected chi connectivity index (χ4v) is 2.52. The Hall–Kier alpha value is -2.27. The predicted octanol–water partition coefficient (Wildman–Crippen LogP) is 1.23. The quantitative estimate of drug-likeness (QED) is 0.271. The van der Waals surface area contributed by atoms with Crippen LogP contribution in [-0.4, -0.2) is 57.9 Å². The maximum absolute atomic E-state index is 13.8. The van der Waals surface area contributed by atoms with Crippen molar-refractivity contribution in [1.29, 1.82) is 5.26 Å². The molecule has 1 aromatic rings. The Labute approximate surface area is 156 Å². The van der Waals surface area contributed by atoms with Gasteiger partial charge in [-0.05, 0) is 37.9 Å². The fraction of sp³-hybridized carbons (Fsp3) is 0.368. The average Bonchev–Trinajstić information content (AvgIpc) is 2.64. The molecule has 0 saturated carbocycles. The lowest BCUT2D eigenvalue weighted by Crippen LogP contribution is -2.37. The van der Waals surface area contributed by atoms with Crippen molar-refractivity contribution >= 4 is 20.0 Å². The second-order valence-corrected chi connectivity index (χ2v) is 5.69. The van der Waals surface area contributed by atoms with Crippen LogP contribution in [0.1, 0.15) is 18.0 Å². The van der Waals surface area contributed by atoms with E-state index in [-0.39, 0.29) is 18.1 Å². The van der Waals surface area contributed by atoms with Crippen molar-refractivity contribution in [3.8, 4) is 6.07 Å². The summed E-state index contributed by atoms with van der Waals surface area (Å²) >= 11 is 0. The van der Waals surface area contributed by atoms with Crippen molar-refractivity contribution in [3.05, 3.63) is 53.5 Å². The number of likely N-dealkylation sites (N-methyl/N-ethyl adjacent to an activating group) is 1. The monoisotopic (exact) mass is 354 g/mol. The lowest BCUT2D eigenvalue weighted by Gasteiger charge is -2.30. The molecule has 26 heavy (non-hydrogen) atoms. The normalized spacial score (nSPS) is 13.1. The van der Waals surface area contributed by atoms with Gasteiger partial charge in [-0.25, -0.2) is 4.39 Å². The Bertz CT molecular complexity index is 685. The molecule has 0 amide bonds. The van der Waals surface area contributed by atoms with E-state index in [0.717, 1.165) is 6.54 Å². The van der Waals surface area contributed by atoms with Gasteiger partial charge in [-0.1, -0.05) is 23.7 Å². The number of halogens is 1. The standard InChI is InChI=1S/C19H24BFN4O/c1-23-8-10-25(9-4-3-5-15(12-22)13-24-2)19(14-26)16-6-7-17(20)18(21)11-16/h3,5-7,11,13,19,23,26H,2,4,8-10,14H2,1H3/b5-3-,15-13+. The van der Waals surface area contributed by atoms with Crippen LogP contribution in [0.3, 0.4) is 0 Å². The van der Waals surface area contributed by atoms with Crippen LogP contribution in [0.25, 0.3) is 0 Å². The number of aliphatic hydroxyl groups is 1. The van der Waals surface area contributed by atoms with Gasteiger partial charge in [0.15, 0.2) is 0 Å². The minimum absolute atomic E-state index is 0.0850. The lowest BCUT2D eigenvalue weighted by atomic mass is 9.92. The molecule has 1 aromatic carbocycles. The zero-order valence-electron chi connectivity index (χ0n) is 15.0. The highest BCUT2D eigenvalue weighted by Crippen LogP contribution is 2.20. The maximum Gasteiger partial charge on any atom is 0.117 e.